The summed E-state index contributed by atoms with van der Waals surface area (Å²) in [6.45, 7) is 11.0. The number of anilines is 1. The van der Waals surface area contributed by atoms with Crippen molar-refractivity contribution in [3.05, 3.63) is 47.8 Å². The SMILES string of the molecule is CC(=O)N(CC(CC(C)C)=Nc1ccccc1C)CC1CCN(c2ncc(C(N)=NO)cn2)CC1. The van der Waals surface area contributed by atoms with Gasteiger partial charge >= 0.3 is 0 Å². The minimum absolute atomic E-state index is 0.0117. The average Bonchev–Trinajstić information content (AvgIpc) is 2.84. The zero-order valence-corrected chi connectivity index (χ0v) is 21.2. The molecule has 0 atom stereocenters. The van der Waals surface area contributed by atoms with Gasteiger partial charge in [0.1, 0.15) is 0 Å². The molecule has 9 nitrogen and oxygen atoms in total. The van der Waals surface area contributed by atoms with Crippen LogP contribution in [0.4, 0.5) is 11.6 Å². The number of aromatic nitrogens is 2. The molecule has 0 spiro atoms. The molecule has 0 unspecified atom stereocenters. The number of carbonyl (C=O) groups excluding carboxylic acids is 1. The minimum atomic E-state index is -0.0117. The van der Waals surface area contributed by atoms with Crippen molar-refractivity contribution in [1.29, 1.82) is 0 Å². The molecule has 3 rings (SSSR count). The van der Waals surface area contributed by atoms with Crippen molar-refractivity contribution < 1.29 is 10.0 Å². The molecule has 1 amide bonds. The van der Waals surface area contributed by atoms with Gasteiger partial charge in [0.2, 0.25) is 11.9 Å². The van der Waals surface area contributed by atoms with E-state index < -0.39 is 0 Å². The molecule has 2 aromatic rings. The van der Waals surface area contributed by atoms with Crippen molar-refractivity contribution in [2.45, 2.75) is 47.0 Å². The molecule has 0 bridgehead atoms. The van der Waals surface area contributed by atoms with Gasteiger partial charge in [-0.25, -0.2) is 9.97 Å². The number of oxime groups is 1. The first-order valence-electron chi connectivity index (χ1n) is 12.2. The van der Waals surface area contributed by atoms with E-state index in [-0.39, 0.29) is 11.7 Å². The highest BCUT2D eigenvalue weighted by atomic mass is 16.4. The van der Waals surface area contributed by atoms with Crippen molar-refractivity contribution in [2.24, 2.45) is 27.7 Å². The van der Waals surface area contributed by atoms with Gasteiger partial charge in [0.05, 0.1) is 17.8 Å². The Hall–Kier alpha value is -3.49. The van der Waals surface area contributed by atoms with Crippen LogP contribution >= 0.6 is 0 Å². The van der Waals surface area contributed by atoms with E-state index in [0.717, 1.165) is 55.9 Å². The largest absolute Gasteiger partial charge is 0.409 e. The summed E-state index contributed by atoms with van der Waals surface area (Å²) in [4.78, 5) is 30.3. The van der Waals surface area contributed by atoms with E-state index in [1.54, 1.807) is 19.3 Å². The smallest absolute Gasteiger partial charge is 0.225 e. The highest BCUT2D eigenvalue weighted by Gasteiger charge is 2.25. The number of para-hydroxylation sites is 1. The Morgan fingerprint density at radius 1 is 1.23 bits per heavy atom. The number of amidine groups is 1. The van der Waals surface area contributed by atoms with Crippen LogP contribution in [0.3, 0.4) is 0 Å². The first-order valence-corrected chi connectivity index (χ1v) is 12.2. The molecule has 1 aliphatic rings. The lowest BCUT2D eigenvalue weighted by Gasteiger charge is -2.35. The first-order chi connectivity index (χ1) is 16.8. The molecule has 1 saturated heterocycles. The normalized spacial score (nSPS) is 15.5. The fraction of sp³-hybridized carbons (Fsp3) is 0.500. The van der Waals surface area contributed by atoms with Crippen molar-refractivity contribution in [1.82, 2.24) is 14.9 Å². The Bertz CT molecular complexity index is 1040. The fourth-order valence-electron chi connectivity index (χ4n) is 4.30. The first kappa shape index (κ1) is 26.1. The molecular formula is C26H37N7O2. The number of hydrogen-bond acceptors (Lipinski definition) is 7. The zero-order chi connectivity index (χ0) is 25.4. The summed E-state index contributed by atoms with van der Waals surface area (Å²) in [5.41, 5.74) is 9.22. The van der Waals surface area contributed by atoms with Gasteiger partial charge in [0, 0.05) is 44.7 Å². The summed E-state index contributed by atoms with van der Waals surface area (Å²) in [5.74, 6) is 1.56. The number of aryl methyl sites for hydroxylation is 1. The topological polar surface area (TPSA) is 120 Å². The molecule has 0 saturated carbocycles. The Labute approximate surface area is 207 Å². The molecule has 2 heterocycles. The van der Waals surface area contributed by atoms with Crippen molar-refractivity contribution in [2.75, 3.05) is 31.1 Å². The molecule has 3 N–H and O–H groups in total. The molecule has 35 heavy (non-hydrogen) atoms. The van der Waals surface area contributed by atoms with Crippen LogP contribution in [0.1, 0.15) is 51.2 Å². The van der Waals surface area contributed by atoms with Crippen molar-refractivity contribution in [3.8, 4) is 0 Å². The van der Waals surface area contributed by atoms with E-state index in [2.05, 4.69) is 46.9 Å². The van der Waals surface area contributed by atoms with E-state index in [9.17, 15) is 4.79 Å². The van der Waals surface area contributed by atoms with Gasteiger partial charge in [-0.3, -0.25) is 9.79 Å². The Morgan fingerprint density at radius 3 is 2.46 bits per heavy atom. The highest BCUT2D eigenvalue weighted by Crippen LogP contribution is 2.23. The van der Waals surface area contributed by atoms with Gasteiger partial charge in [-0.15, -0.1) is 0 Å². The second-order valence-electron chi connectivity index (χ2n) is 9.65. The van der Waals surface area contributed by atoms with Crippen LogP contribution in [0.5, 0.6) is 0 Å². The maximum Gasteiger partial charge on any atom is 0.225 e. The average molecular weight is 480 g/mol. The van der Waals surface area contributed by atoms with Crippen LogP contribution in [0, 0.1) is 18.8 Å². The predicted octanol–water partition coefficient (Wildman–Crippen LogP) is 3.76. The zero-order valence-electron chi connectivity index (χ0n) is 21.2. The summed E-state index contributed by atoms with van der Waals surface area (Å²) < 4.78 is 0. The molecule has 9 heteroatoms. The second-order valence-corrected chi connectivity index (χ2v) is 9.65. The number of nitrogens with zero attached hydrogens (tertiary/aromatic N) is 6. The van der Waals surface area contributed by atoms with Crippen LogP contribution in [0.15, 0.2) is 46.8 Å². The maximum atomic E-state index is 12.6. The third-order valence-corrected chi connectivity index (χ3v) is 6.27. The lowest BCUT2D eigenvalue weighted by atomic mass is 9.96. The lowest BCUT2D eigenvalue weighted by Crippen LogP contribution is -2.42. The van der Waals surface area contributed by atoms with E-state index in [0.29, 0.717) is 29.9 Å². The Kier molecular flexibility index (Phi) is 9.17. The standard InChI is InChI=1S/C26H37N7O2/c1-18(2)13-23(30-24-8-6-5-7-19(24)3)17-33(20(4)34)16-21-9-11-32(12-10-21)26-28-14-22(15-29-26)25(27)31-35/h5-8,14-15,18,21,35H,9-13,16-17H2,1-4H3,(H2,27,31). The highest BCUT2D eigenvalue weighted by molar-refractivity contribution is 5.96. The number of carbonyl (C=O) groups is 1. The van der Waals surface area contributed by atoms with Crippen LogP contribution < -0.4 is 10.6 Å². The number of nitrogens with two attached hydrogens (primary N) is 1. The number of piperidine rings is 1. The minimum Gasteiger partial charge on any atom is -0.409 e. The third-order valence-electron chi connectivity index (χ3n) is 6.27. The Balaban J connectivity index is 1.63. The molecule has 0 aliphatic carbocycles. The van der Waals surface area contributed by atoms with Crippen molar-refractivity contribution >= 4 is 29.1 Å². The van der Waals surface area contributed by atoms with E-state index in [4.69, 9.17) is 15.9 Å². The number of rotatable bonds is 9. The van der Waals surface area contributed by atoms with E-state index in [1.807, 2.05) is 23.1 Å². The molecule has 188 valence electrons. The molecular weight excluding hydrogens is 442 g/mol. The monoisotopic (exact) mass is 479 g/mol. The number of aliphatic imine (C=N–C) groups is 1. The van der Waals surface area contributed by atoms with Crippen LogP contribution in [0.25, 0.3) is 0 Å². The lowest BCUT2D eigenvalue weighted by molar-refractivity contribution is -0.128. The number of amides is 1. The number of benzene rings is 1. The summed E-state index contributed by atoms with van der Waals surface area (Å²) >= 11 is 0. The van der Waals surface area contributed by atoms with E-state index >= 15 is 0 Å². The van der Waals surface area contributed by atoms with E-state index in [1.165, 1.54) is 0 Å². The van der Waals surface area contributed by atoms with Gasteiger partial charge in [-0.05, 0) is 49.7 Å². The van der Waals surface area contributed by atoms with Gasteiger partial charge in [-0.1, -0.05) is 37.2 Å². The summed E-state index contributed by atoms with van der Waals surface area (Å²) in [5, 5.41) is 11.8. The molecule has 1 aliphatic heterocycles. The Morgan fingerprint density at radius 2 is 1.89 bits per heavy atom. The summed E-state index contributed by atoms with van der Waals surface area (Å²) in [6.07, 6.45) is 5.87. The summed E-state index contributed by atoms with van der Waals surface area (Å²) in [7, 11) is 0. The van der Waals surface area contributed by atoms with Gasteiger partial charge < -0.3 is 20.7 Å². The van der Waals surface area contributed by atoms with Gasteiger partial charge in [-0.2, -0.15) is 0 Å². The number of hydrogen-bond donors (Lipinski definition) is 2. The van der Waals surface area contributed by atoms with Gasteiger partial charge in [0.15, 0.2) is 5.84 Å². The van der Waals surface area contributed by atoms with Gasteiger partial charge in [0.25, 0.3) is 0 Å². The van der Waals surface area contributed by atoms with Crippen molar-refractivity contribution in [3.63, 3.8) is 0 Å². The third kappa shape index (κ3) is 7.50. The fourth-order valence-corrected chi connectivity index (χ4v) is 4.30. The summed E-state index contributed by atoms with van der Waals surface area (Å²) in [6, 6.07) is 8.11. The second kappa shape index (κ2) is 12.3. The molecule has 1 aromatic carbocycles. The molecule has 1 fully saturated rings. The molecule has 0 radical (unpaired) electrons. The maximum absolute atomic E-state index is 12.6. The van der Waals surface area contributed by atoms with Crippen LogP contribution in [-0.4, -0.2) is 63.7 Å². The quantitative estimate of drug-likeness (QED) is 0.244. The molecule has 1 aromatic heterocycles. The van der Waals surface area contributed by atoms with Crippen LogP contribution in [0.2, 0.25) is 0 Å². The van der Waals surface area contributed by atoms with Crippen LogP contribution in [-0.2, 0) is 4.79 Å². The predicted molar refractivity (Wildman–Crippen MR) is 139 cm³/mol.